The fourth-order valence-electron chi connectivity index (χ4n) is 2.65. The van der Waals surface area contributed by atoms with Crippen LogP contribution in [0.1, 0.15) is 37.7 Å². The average Bonchev–Trinajstić information content (AvgIpc) is 2.42. The molecule has 0 spiro atoms. The standard InChI is InChI=1S/C15H19BrFNO/c16-11-15(8-2-1-3-9-15)18-14(19)10-12-4-6-13(17)7-5-12/h4-7H,1-3,8-11H2,(H,18,19). The van der Waals surface area contributed by atoms with Crippen LogP contribution in [0.25, 0.3) is 0 Å². The van der Waals surface area contributed by atoms with Crippen molar-refractivity contribution in [1.29, 1.82) is 0 Å². The van der Waals surface area contributed by atoms with Gasteiger partial charge in [-0.2, -0.15) is 0 Å². The lowest BCUT2D eigenvalue weighted by atomic mass is 9.83. The quantitative estimate of drug-likeness (QED) is 0.841. The third-order valence-corrected chi connectivity index (χ3v) is 4.82. The first kappa shape index (κ1) is 14.5. The van der Waals surface area contributed by atoms with Crippen molar-refractivity contribution >= 4 is 21.8 Å². The Morgan fingerprint density at radius 3 is 2.42 bits per heavy atom. The Morgan fingerprint density at radius 2 is 1.84 bits per heavy atom. The van der Waals surface area contributed by atoms with Gasteiger partial charge in [0.1, 0.15) is 5.82 Å². The van der Waals surface area contributed by atoms with Gasteiger partial charge in [-0.15, -0.1) is 0 Å². The Hall–Kier alpha value is -0.900. The predicted octanol–water partition coefficient (Wildman–Crippen LogP) is 3.58. The monoisotopic (exact) mass is 327 g/mol. The third-order valence-electron chi connectivity index (χ3n) is 3.75. The molecule has 0 saturated heterocycles. The maximum Gasteiger partial charge on any atom is 0.224 e. The van der Waals surface area contributed by atoms with Gasteiger partial charge >= 0.3 is 0 Å². The van der Waals surface area contributed by atoms with Crippen molar-refractivity contribution in [2.75, 3.05) is 5.33 Å². The van der Waals surface area contributed by atoms with Crippen LogP contribution < -0.4 is 5.32 Å². The van der Waals surface area contributed by atoms with E-state index in [0.29, 0.717) is 6.42 Å². The minimum absolute atomic E-state index is 0.0213. The van der Waals surface area contributed by atoms with E-state index in [1.807, 2.05) is 0 Å². The van der Waals surface area contributed by atoms with Gasteiger partial charge in [0, 0.05) is 10.9 Å². The van der Waals surface area contributed by atoms with Crippen LogP contribution in [-0.2, 0) is 11.2 Å². The molecule has 0 aromatic heterocycles. The lowest BCUT2D eigenvalue weighted by Gasteiger charge is -2.36. The normalized spacial score (nSPS) is 18.0. The second kappa shape index (κ2) is 6.51. The summed E-state index contributed by atoms with van der Waals surface area (Å²) in [4.78, 5) is 12.1. The molecule has 2 nitrogen and oxygen atoms in total. The molecule has 1 aromatic rings. The highest BCUT2D eigenvalue weighted by atomic mass is 79.9. The Balaban J connectivity index is 1.94. The summed E-state index contributed by atoms with van der Waals surface area (Å²) in [7, 11) is 0. The average molecular weight is 328 g/mol. The van der Waals surface area contributed by atoms with E-state index in [9.17, 15) is 9.18 Å². The van der Waals surface area contributed by atoms with Gasteiger partial charge in [-0.1, -0.05) is 47.3 Å². The zero-order valence-corrected chi connectivity index (χ0v) is 12.5. The Labute approximate surface area is 121 Å². The molecule has 19 heavy (non-hydrogen) atoms. The number of hydrogen-bond acceptors (Lipinski definition) is 1. The number of alkyl halides is 1. The molecule has 1 aliphatic rings. The summed E-state index contributed by atoms with van der Waals surface area (Å²) in [5.74, 6) is -0.249. The first-order chi connectivity index (χ1) is 9.13. The Bertz CT molecular complexity index is 426. The lowest BCUT2D eigenvalue weighted by Crippen LogP contribution is -2.51. The van der Waals surface area contributed by atoms with Crippen molar-refractivity contribution in [2.45, 2.75) is 44.1 Å². The molecule has 1 aromatic carbocycles. The van der Waals surface area contributed by atoms with Crippen LogP contribution in [0.5, 0.6) is 0 Å². The summed E-state index contributed by atoms with van der Waals surface area (Å²) in [6, 6.07) is 6.11. The first-order valence-electron chi connectivity index (χ1n) is 6.75. The van der Waals surface area contributed by atoms with E-state index in [-0.39, 0.29) is 17.3 Å². The second-order valence-corrected chi connectivity index (χ2v) is 5.89. The fraction of sp³-hybridized carbons (Fsp3) is 0.533. The van der Waals surface area contributed by atoms with Gasteiger partial charge in [0.2, 0.25) is 5.91 Å². The SMILES string of the molecule is O=C(Cc1ccc(F)cc1)NC1(CBr)CCCCC1. The smallest absolute Gasteiger partial charge is 0.224 e. The van der Waals surface area contributed by atoms with Gasteiger partial charge in [0.15, 0.2) is 0 Å². The van der Waals surface area contributed by atoms with Crippen LogP contribution in [0.15, 0.2) is 24.3 Å². The highest BCUT2D eigenvalue weighted by Crippen LogP contribution is 2.29. The van der Waals surface area contributed by atoms with Gasteiger partial charge in [-0.25, -0.2) is 4.39 Å². The summed E-state index contributed by atoms with van der Waals surface area (Å²) in [6.45, 7) is 0. The number of benzene rings is 1. The van der Waals surface area contributed by atoms with Crippen LogP contribution in [0.3, 0.4) is 0 Å². The summed E-state index contributed by atoms with van der Waals surface area (Å²) in [5.41, 5.74) is 0.759. The van der Waals surface area contributed by atoms with Crippen molar-refractivity contribution < 1.29 is 9.18 Å². The molecular weight excluding hydrogens is 309 g/mol. The van der Waals surface area contributed by atoms with Crippen molar-refractivity contribution in [3.63, 3.8) is 0 Å². The fourth-order valence-corrected chi connectivity index (χ4v) is 3.35. The van der Waals surface area contributed by atoms with Crippen LogP contribution in [0, 0.1) is 5.82 Å². The summed E-state index contributed by atoms with van der Waals surface area (Å²) < 4.78 is 12.8. The number of carbonyl (C=O) groups is 1. The van der Waals surface area contributed by atoms with Gasteiger partial charge in [-0.3, -0.25) is 4.79 Å². The molecule has 0 bridgehead atoms. The minimum atomic E-state index is -0.270. The summed E-state index contributed by atoms with van der Waals surface area (Å²) in [6.07, 6.45) is 5.98. The van der Waals surface area contributed by atoms with Crippen molar-refractivity contribution in [3.05, 3.63) is 35.6 Å². The van der Waals surface area contributed by atoms with Crippen LogP contribution in [0.2, 0.25) is 0 Å². The first-order valence-corrected chi connectivity index (χ1v) is 7.87. The maximum atomic E-state index is 12.8. The van der Waals surface area contributed by atoms with Gasteiger partial charge in [0.05, 0.1) is 6.42 Å². The van der Waals surface area contributed by atoms with Gasteiger partial charge in [-0.05, 0) is 30.5 Å². The maximum absolute atomic E-state index is 12.8. The van der Waals surface area contributed by atoms with E-state index in [1.54, 1.807) is 12.1 Å². The highest BCUT2D eigenvalue weighted by Gasteiger charge is 2.32. The van der Waals surface area contributed by atoms with E-state index in [2.05, 4.69) is 21.2 Å². The molecule has 104 valence electrons. The topological polar surface area (TPSA) is 29.1 Å². The molecule has 1 amide bonds. The van der Waals surface area contributed by atoms with Crippen LogP contribution in [-0.4, -0.2) is 16.8 Å². The molecule has 1 fully saturated rings. The van der Waals surface area contributed by atoms with Crippen LogP contribution in [0.4, 0.5) is 4.39 Å². The molecule has 1 N–H and O–H groups in total. The largest absolute Gasteiger partial charge is 0.350 e. The predicted molar refractivity (Wildman–Crippen MR) is 77.9 cm³/mol. The number of halogens is 2. The molecule has 0 radical (unpaired) electrons. The van der Waals surface area contributed by atoms with Crippen molar-refractivity contribution in [2.24, 2.45) is 0 Å². The number of hydrogen-bond donors (Lipinski definition) is 1. The number of nitrogens with one attached hydrogen (secondary N) is 1. The molecule has 1 saturated carbocycles. The molecule has 0 aliphatic heterocycles. The Morgan fingerprint density at radius 1 is 1.21 bits per heavy atom. The molecule has 0 heterocycles. The van der Waals surface area contributed by atoms with E-state index >= 15 is 0 Å². The molecule has 0 unspecified atom stereocenters. The van der Waals surface area contributed by atoms with E-state index < -0.39 is 0 Å². The third kappa shape index (κ3) is 4.03. The van der Waals surface area contributed by atoms with Crippen LogP contribution >= 0.6 is 15.9 Å². The summed E-state index contributed by atoms with van der Waals surface area (Å²) in [5, 5.41) is 3.97. The van der Waals surface area contributed by atoms with Crippen molar-refractivity contribution in [1.82, 2.24) is 5.32 Å². The van der Waals surface area contributed by atoms with Gasteiger partial charge < -0.3 is 5.32 Å². The second-order valence-electron chi connectivity index (χ2n) is 5.33. The van der Waals surface area contributed by atoms with Crippen molar-refractivity contribution in [3.8, 4) is 0 Å². The zero-order chi connectivity index (χ0) is 13.7. The number of amides is 1. The molecule has 4 heteroatoms. The summed E-state index contributed by atoms with van der Waals surface area (Å²) >= 11 is 3.53. The Kier molecular flexibility index (Phi) is 4.97. The highest BCUT2D eigenvalue weighted by molar-refractivity contribution is 9.09. The zero-order valence-electron chi connectivity index (χ0n) is 10.9. The molecule has 1 aliphatic carbocycles. The molecular formula is C15H19BrFNO. The van der Waals surface area contributed by atoms with E-state index in [1.165, 1.54) is 31.4 Å². The van der Waals surface area contributed by atoms with E-state index in [4.69, 9.17) is 0 Å². The number of rotatable bonds is 4. The lowest BCUT2D eigenvalue weighted by molar-refractivity contribution is -0.122. The molecule has 0 atom stereocenters. The minimum Gasteiger partial charge on any atom is -0.350 e. The molecule has 2 rings (SSSR count). The van der Waals surface area contributed by atoms with E-state index in [0.717, 1.165) is 23.7 Å². The number of carbonyl (C=O) groups excluding carboxylic acids is 1. The van der Waals surface area contributed by atoms with Gasteiger partial charge in [0.25, 0.3) is 0 Å².